The Morgan fingerprint density at radius 3 is 2.69 bits per heavy atom. The second-order valence-corrected chi connectivity index (χ2v) is 5.81. The van der Waals surface area contributed by atoms with Gasteiger partial charge in [-0.05, 0) is 43.0 Å². The molecule has 1 aliphatic heterocycles. The number of nitrogens with zero attached hydrogens (tertiary/aromatic N) is 1. The summed E-state index contributed by atoms with van der Waals surface area (Å²) >= 11 is 3.33. The Morgan fingerprint density at radius 2 is 2.12 bits per heavy atom. The third kappa shape index (κ3) is 2.83. The van der Waals surface area contributed by atoms with Gasteiger partial charge in [0.15, 0.2) is 0 Å². The largest absolute Gasteiger partial charge is 0.296 e. The molecular formula is C13H17BrFN. The highest BCUT2D eigenvalue weighted by atomic mass is 79.9. The van der Waals surface area contributed by atoms with Crippen LogP contribution in [0.15, 0.2) is 22.7 Å². The summed E-state index contributed by atoms with van der Waals surface area (Å²) in [6.07, 6.45) is 1.25. The van der Waals surface area contributed by atoms with Crippen LogP contribution in [0.3, 0.4) is 0 Å². The predicted molar refractivity (Wildman–Crippen MR) is 67.8 cm³/mol. The summed E-state index contributed by atoms with van der Waals surface area (Å²) in [6, 6.07) is 5.73. The molecule has 0 aromatic heterocycles. The smallest absolute Gasteiger partial charge is 0.124 e. The molecule has 0 saturated carbocycles. The summed E-state index contributed by atoms with van der Waals surface area (Å²) in [7, 11) is 0. The zero-order valence-corrected chi connectivity index (χ0v) is 11.3. The molecular weight excluding hydrogens is 269 g/mol. The minimum atomic E-state index is -0.163. The minimum absolute atomic E-state index is 0.163. The average Bonchev–Trinajstić information content (AvgIpc) is 2.43. The SMILES string of the molecule is CC1CC(C)N(Cc2cc(F)cc(Br)c2)C1. The maximum atomic E-state index is 13.2. The van der Waals surface area contributed by atoms with Crippen LogP contribution in [-0.4, -0.2) is 17.5 Å². The van der Waals surface area contributed by atoms with Crippen LogP contribution in [0.1, 0.15) is 25.8 Å². The first-order valence-electron chi connectivity index (χ1n) is 5.73. The van der Waals surface area contributed by atoms with Crippen molar-refractivity contribution in [3.8, 4) is 0 Å². The van der Waals surface area contributed by atoms with Gasteiger partial charge in [0.05, 0.1) is 0 Å². The van der Waals surface area contributed by atoms with E-state index in [2.05, 4.69) is 34.7 Å². The first kappa shape index (κ1) is 12.1. The third-order valence-electron chi connectivity index (χ3n) is 3.22. The molecule has 16 heavy (non-hydrogen) atoms. The van der Waals surface area contributed by atoms with E-state index in [0.717, 1.165) is 29.0 Å². The molecule has 1 nitrogen and oxygen atoms in total. The molecule has 1 fully saturated rings. The van der Waals surface area contributed by atoms with E-state index in [4.69, 9.17) is 0 Å². The topological polar surface area (TPSA) is 3.24 Å². The van der Waals surface area contributed by atoms with Gasteiger partial charge in [-0.3, -0.25) is 4.90 Å². The van der Waals surface area contributed by atoms with Crippen molar-refractivity contribution >= 4 is 15.9 Å². The van der Waals surface area contributed by atoms with Gasteiger partial charge in [-0.1, -0.05) is 22.9 Å². The van der Waals surface area contributed by atoms with E-state index in [0.29, 0.717) is 6.04 Å². The number of likely N-dealkylation sites (tertiary alicyclic amines) is 1. The van der Waals surface area contributed by atoms with Gasteiger partial charge in [0, 0.05) is 23.6 Å². The first-order chi connectivity index (χ1) is 7.54. The molecule has 0 N–H and O–H groups in total. The molecule has 0 aliphatic carbocycles. The van der Waals surface area contributed by atoms with Crippen LogP contribution >= 0.6 is 15.9 Å². The molecule has 1 aromatic rings. The van der Waals surface area contributed by atoms with Crippen molar-refractivity contribution in [1.82, 2.24) is 4.90 Å². The Labute approximate surface area is 105 Å². The van der Waals surface area contributed by atoms with E-state index in [1.807, 2.05) is 6.07 Å². The van der Waals surface area contributed by atoms with Crippen LogP contribution in [0, 0.1) is 11.7 Å². The van der Waals surface area contributed by atoms with Crippen LogP contribution in [0.4, 0.5) is 4.39 Å². The summed E-state index contributed by atoms with van der Waals surface area (Å²) in [4.78, 5) is 2.42. The molecule has 0 spiro atoms. The van der Waals surface area contributed by atoms with Crippen molar-refractivity contribution in [1.29, 1.82) is 0 Å². The van der Waals surface area contributed by atoms with Crippen LogP contribution in [0.2, 0.25) is 0 Å². The third-order valence-corrected chi connectivity index (χ3v) is 3.68. The summed E-state index contributed by atoms with van der Waals surface area (Å²) in [5.41, 5.74) is 1.05. The lowest BCUT2D eigenvalue weighted by Gasteiger charge is -2.21. The Balaban J connectivity index is 2.09. The number of benzene rings is 1. The second-order valence-electron chi connectivity index (χ2n) is 4.90. The standard InChI is InChI=1S/C13H17BrFN/c1-9-3-10(2)16(7-9)8-11-4-12(14)6-13(15)5-11/h4-6,9-10H,3,7-8H2,1-2H3. The fourth-order valence-corrected chi connectivity index (χ4v) is 3.06. The number of halogens is 2. The molecule has 2 unspecified atom stereocenters. The zero-order chi connectivity index (χ0) is 11.7. The van der Waals surface area contributed by atoms with E-state index in [1.54, 1.807) is 6.07 Å². The molecule has 0 amide bonds. The van der Waals surface area contributed by atoms with Crippen molar-refractivity contribution < 1.29 is 4.39 Å². The lowest BCUT2D eigenvalue weighted by Crippen LogP contribution is -2.26. The Hall–Kier alpha value is -0.410. The van der Waals surface area contributed by atoms with Crippen molar-refractivity contribution in [3.63, 3.8) is 0 Å². The maximum absolute atomic E-state index is 13.2. The molecule has 3 heteroatoms. The first-order valence-corrected chi connectivity index (χ1v) is 6.53. The van der Waals surface area contributed by atoms with Crippen molar-refractivity contribution in [2.24, 2.45) is 5.92 Å². The zero-order valence-electron chi connectivity index (χ0n) is 9.71. The van der Waals surface area contributed by atoms with E-state index in [-0.39, 0.29) is 5.82 Å². The fourth-order valence-electron chi connectivity index (χ4n) is 2.54. The molecule has 88 valence electrons. The number of hydrogen-bond donors (Lipinski definition) is 0. The highest BCUT2D eigenvalue weighted by Gasteiger charge is 2.25. The van der Waals surface area contributed by atoms with Crippen molar-refractivity contribution in [2.45, 2.75) is 32.9 Å². The highest BCUT2D eigenvalue weighted by Crippen LogP contribution is 2.25. The lowest BCUT2D eigenvalue weighted by atomic mass is 10.1. The second kappa shape index (κ2) is 4.84. The van der Waals surface area contributed by atoms with Crippen LogP contribution < -0.4 is 0 Å². The van der Waals surface area contributed by atoms with Gasteiger partial charge in [-0.2, -0.15) is 0 Å². The number of hydrogen-bond acceptors (Lipinski definition) is 1. The van der Waals surface area contributed by atoms with Gasteiger partial charge >= 0.3 is 0 Å². The molecule has 0 radical (unpaired) electrons. The van der Waals surface area contributed by atoms with Crippen molar-refractivity contribution in [2.75, 3.05) is 6.54 Å². The van der Waals surface area contributed by atoms with Gasteiger partial charge in [0.25, 0.3) is 0 Å². The quantitative estimate of drug-likeness (QED) is 0.799. The Kier molecular flexibility index (Phi) is 3.65. The lowest BCUT2D eigenvalue weighted by molar-refractivity contribution is 0.256. The van der Waals surface area contributed by atoms with Crippen LogP contribution in [0.5, 0.6) is 0 Å². The summed E-state index contributed by atoms with van der Waals surface area (Å²) in [5, 5.41) is 0. The Morgan fingerprint density at radius 1 is 1.38 bits per heavy atom. The van der Waals surface area contributed by atoms with E-state index in [1.165, 1.54) is 12.5 Å². The minimum Gasteiger partial charge on any atom is -0.296 e. The van der Waals surface area contributed by atoms with Crippen molar-refractivity contribution in [3.05, 3.63) is 34.1 Å². The molecule has 1 saturated heterocycles. The average molecular weight is 286 g/mol. The maximum Gasteiger partial charge on any atom is 0.124 e. The van der Waals surface area contributed by atoms with Gasteiger partial charge in [-0.25, -0.2) is 4.39 Å². The van der Waals surface area contributed by atoms with Gasteiger partial charge in [-0.15, -0.1) is 0 Å². The van der Waals surface area contributed by atoms with E-state index >= 15 is 0 Å². The molecule has 1 aliphatic rings. The Bertz CT molecular complexity index is 360. The molecule has 2 atom stereocenters. The molecule has 2 rings (SSSR count). The van der Waals surface area contributed by atoms with E-state index < -0.39 is 0 Å². The predicted octanol–water partition coefficient (Wildman–Crippen LogP) is 3.82. The number of rotatable bonds is 2. The molecule has 1 heterocycles. The summed E-state index contributed by atoms with van der Waals surface area (Å²) in [5.74, 6) is 0.594. The van der Waals surface area contributed by atoms with Crippen LogP contribution in [0.25, 0.3) is 0 Å². The fraction of sp³-hybridized carbons (Fsp3) is 0.538. The van der Waals surface area contributed by atoms with Gasteiger partial charge in [0.1, 0.15) is 5.82 Å². The van der Waals surface area contributed by atoms with Gasteiger partial charge < -0.3 is 0 Å². The van der Waals surface area contributed by atoms with Gasteiger partial charge in [0.2, 0.25) is 0 Å². The highest BCUT2D eigenvalue weighted by molar-refractivity contribution is 9.10. The molecule has 1 aromatic carbocycles. The van der Waals surface area contributed by atoms with E-state index in [9.17, 15) is 4.39 Å². The monoisotopic (exact) mass is 285 g/mol. The molecule has 0 bridgehead atoms. The summed E-state index contributed by atoms with van der Waals surface area (Å²) in [6.45, 7) is 6.49. The summed E-state index contributed by atoms with van der Waals surface area (Å²) < 4.78 is 14.0. The normalized spacial score (nSPS) is 26.2. The van der Waals surface area contributed by atoms with Crippen LogP contribution in [-0.2, 0) is 6.54 Å².